The van der Waals surface area contributed by atoms with Crippen LogP contribution in [0.1, 0.15) is 55.6 Å². The standard InChI is InChI=1S/C84H58N6O/c1-47-15-11-16-48(2)79(47)57-25-31-73-67(37-57)68-38-58(80-49(3)17-12-18-50(80)4)26-32-74(68)89(73)83-63(45-85)35-61(41-71(83)87-9)55-23-29-65-66-30-24-56(44-78(66)91-77(65)43-55)62-36-64(46-86)84(72(42-62)88-10)90-75-33-27-59(81-51(5)19-13-20-52(81)6)39-69(75)70-40-60(28-34-76(70)90)82-53(7)21-14-22-54(82)8/h11-44H,1-8H3. The van der Waals surface area contributed by atoms with E-state index in [2.05, 4.69) is 232 Å². The van der Waals surface area contributed by atoms with Gasteiger partial charge in [-0.2, -0.15) is 10.5 Å². The van der Waals surface area contributed by atoms with E-state index in [1.165, 1.54) is 66.8 Å². The summed E-state index contributed by atoms with van der Waals surface area (Å²) < 4.78 is 10.9. The van der Waals surface area contributed by atoms with Gasteiger partial charge < -0.3 is 13.6 Å². The molecule has 0 fully saturated rings. The van der Waals surface area contributed by atoms with E-state index in [0.29, 0.717) is 56.2 Å². The minimum Gasteiger partial charge on any atom is -0.456 e. The molecular weight excluding hydrogens is 1110 g/mol. The van der Waals surface area contributed by atoms with Gasteiger partial charge >= 0.3 is 0 Å². The molecule has 0 amide bonds. The molecule has 3 aromatic heterocycles. The highest BCUT2D eigenvalue weighted by atomic mass is 16.3. The van der Waals surface area contributed by atoms with Crippen LogP contribution in [-0.2, 0) is 0 Å². The molecule has 15 rings (SSSR count). The fraction of sp³-hybridized carbons (Fsp3) is 0.0952. The van der Waals surface area contributed by atoms with Crippen molar-refractivity contribution in [2.45, 2.75) is 55.4 Å². The van der Waals surface area contributed by atoms with Gasteiger partial charge in [0.1, 0.15) is 11.2 Å². The number of aromatic nitrogens is 2. The summed E-state index contributed by atoms with van der Waals surface area (Å²) in [6, 6.07) is 76.5. The van der Waals surface area contributed by atoms with Crippen molar-refractivity contribution in [1.82, 2.24) is 9.13 Å². The molecular formula is C84H58N6O. The van der Waals surface area contributed by atoms with E-state index < -0.39 is 0 Å². The molecule has 3 heterocycles. The molecule has 15 aromatic rings. The van der Waals surface area contributed by atoms with Crippen LogP contribution in [0.15, 0.2) is 211 Å². The van der Waals surface area contributed by atoms with Crippen molar-refractivity contribution in [1.29, 1.82) is 10.5 Å². The lowest BCUT2D eigenvalue weighted by Gasteiger charge is -2.15. The van der Waals surface area contributed by atoms with Gasteiger partial charge in [-0.3, -0.25) is 0 Å². The Hall–Kier alpha value is -12.0. The number of aryl methyl sites for hydroxylation is 8. The summed E-state index contributed by atoms with van der Waals surface area (Å²) in [5, 5.41) is 28.3. The van der Waals surface area contributed by atoms with Crippen LogP contribution < -0.4 is 0 Å². The Morgan fingerprint density at radius 2 is 0.582 bits per heavy atom. The maximum absolute atomic E-state index is 11.2. The molecule has 0 saturated carbocycles. The number of rotatable bonds is 8. The lowest BCUT2D eigenvalue weighted by atomic mass is 9.93. The molecule has 0 aliphatic heterocycles. The monoisotopic (exact) mass is 1170 g/mol. The molecule has 0 bridgehead atoms. The van der Waals surface area contributed by atoms with Gasteiger partial charge in [0.2, 0.25) is 11.4 Å². The van der Waals surface area contributed by atoms with Crippen LogP contribution in [0.3, 0.4) is 0 Å². The lowest BCUT2D eigenvalue weighted by Crippen LogP contribution is -1.99. The fourth-order valence-electron chi connectivity index (χ4n) is 14.7. The summed E-state index contributed by atoms with van der Waals surface area (Å²) in [5.41, 5.74) is 29.2. The van der Waals surface area contributed by atoms with Gasteiger partial charge in [0, 0.05) is 32.3 Å². The van der Waals surface area contributed by atoms with E-state index in [1.807, 2.05) is 60.7 Å². The van der Waals surface area contributed by atoms with E-state index in [0.717, 1.165) is 87.8 Å². The van der Waals surface area contributed by atoms with E-state index >= 15 is 0 Å². The highest BCUT2D eigenvalue weighted by Gasteiger charge is 2.25. The number of nitriles is 2. The zero-order chi connectivity index (χ0) is 62.7. The van der Waals surface area contributed by atoms with Gasteiger partial charge in [-0.05, 0) is 264 Å². The molecule has 430 valence electrons. The number of furan rings is 1. The molecule has 0 spiro atoms. The molecule has 7 heteroatoms. The largest absolute Gasteiger partial charge is 0.456 e. The summed E-state index contributed by atoms with van der Waals surface area (Å²) in [6.45, 7) is 34.6. The average Bonchev–Trinajstić information content (AvgIpc) is 1.59. The second-order valence-electron chi connectivity index (χ2n) is 24.4. The molecule has 0 atom stereocenters. The normalized spacial score (nSPS) is 11.5. The Morgan fingerprint density at radius 1 is 0.308 bits per heavy atom. The van der Waals surface area contributed by atoms with Crippen LogP contribution in [0.4, 0.5) is 11.4 Å². The van der Waals surface area contributed by atoms with E-state index in [4.69, 9.17) is 17.6 Å². The second kappa shape index (κ2) is 21.4. The second-order valence-corrected chi connectivity index (χ2v) is 24.4. The molecule has 0 unspecified atom stereocenters. The SMILES string of the molecule is [C-]#[N+]c1cc(-c2ccc3c(c2)oc2cc(-c4cc(C#N)c(-n5c6ccc(-c7c(C)cccc7C)cc6c6cc(-c7c(C)cccc7C)ccc65)c([N+]#[C-])c4)ccc23)cc(C#N)c1-n1c2ccc(-c3c(C)cccc3C)cc2c2cc(-c3c(C)cccc3C)ccc21. The molecule has 91 heavy (non-hydrogen) atoms. The summed E-state index contributed by atoms with van der Waals surface area (Å²) in [5.74, 6) is 0. The molecule has 0 aliphatic rings. The number of hydrogen-bond donors (Lipinski definition) is 0. The Balaban J connectivity index is 0.826. The first-order chi connectivity index (χ1) is 44.2. The quantitative estimate of drug-likeness (QED) is 0.142. The predicted octanol–water partition coefficient (Wildman–Crippen LogP) is 23.1. The zero-order valence-corrected chi connectivity index (χ0v) is 51.7. The number of nitrogens with zero attached hydrogens (tertiary/aromatic N) is 6. The van der Waals surface area contributed by atoms with Crippen molar-refractivity contribution in [2.75, 3.05) is 0 Å². The lowest BCUT2D eigenvalue weighted by molar-refractivity contribution is 0.669. The summed E-state index contributed by atoms with van der Waals surface area (Å²) in [4.78, 5) is 8.34. The van der Waals surface area contributed by atoms with Crippen LogP contribution >= 0.6 is 0 Å². The van der Waals surface area contributed by atoms with Crippen LogP contribution in [0.2, 0.25) is 0 Å². The maximum atomic E-state index is 11.2. The maximum Gasteiger partial charge on any atom is 0.212 e. The fourth-order valence-corrected chi connectivity index (χ4v) is 14.7. The first kappa shape index (κ1) is 55.6. The Bertz CT molecular complexity index is 5140. The average molecular weight is 1170 g/mol. The van der Waals surface area contributed by atoms with Gasteiger partial charge in [0.05, 0.1) is 69.9 Å². The van der Waals surface area contributed by atoms with Gasteiger partial charge in [0.25, 0.3) is 0 Å². The molecule has 0 saturated heterocycles. The first-order valence-corrected chi connectivity index (χ1v) is 30.6. The number of hydrogen-bond acceptors (Lipinski definition) is 3. The van der Waals surface area contributed by atoms with Crippen LogP contribution in [0, 0.1) is 91.2 Å². The summed E-state index contributed by atoms with van der Waals surface area (Å²) in [6.07, 6.45) is 0. The molecule has 12 aromatic carbocycles. The van der Waals surface area contributed by atoms with Crippen LogP contribution in [0.5, 0.6) is 0 Å². The Labute approximate surface area is 528 Å². The third kappa shape index (κ3) is 8.82. The molecule has 0 aliphatic carbocycles. The van der Waals surface area contributed by atoms with Crippen molar-refractivity contribution < 1.29 is 4.42 Å². The van der Waals surface area contributed by atoms with Crippen LogP contribution in [0.25, 0.3) is 153 Å². The van der Waals surface area contributed by atoms with Gasteiger partial charge in [-0.25, -0.2) is 9.69 Å². The molecule has 0 radical (unpaired) electrons. The third-order valence-corrected chi connectivity index (χ3v) is 18.9. The van der Waals surface area contributed by atoms with Crippen LogP contribution in [-0.4, -0.2) is 9.13 Å². The van der Waals surface area contributed by atoms with Crippen molar-refractivity contribution in [3.05, 3.63) is 285 Å². The first-order valence-electron chi connectivity index (χ1n) is 30.6. The minimum atomic E-state index is 0.351. The zero-order valence-electron chi connectivity index (χ0n) is 51.7. The smallest absolute Gasteiger partial charge is 0.212 e. The topological polar surface area (TPSA) is 79.3 Å². The van der Waals surface area contributed by atoms with Gasteiger partial charge in [-0.1, -0.05) is 109 Å². The highest BCUT2D eigenvalue weighted by Crippen LogP contribution is 2.47. The number of benzene rings is 12. The third-order valence-electron chi connectivity index (χ3n) is 18.9. The van der Waals surface area contributed by atoms with Gasteiger partial charge in [-0.15, -0.1) is 0 Å². The van der Waals surface area contributed by atoms with Crippen molar-refractivity contribution >= 4 is 76.9 Å². The van der Waals surface area contributed by atoms with E-state index in [1.54, 1.807) is 0 Å². The number of fused-ring (bicyclic) bond motifs is 9. The van der Waals surface area contributed by atoms with Crippen molar-refractivity contribution in [2.24, 2.45) is 0 Å². The summed E-state index contributed by atoms with van der Waals surface area (Å²) >= 11 is 0. The predicted molar refractivity (Wildman–Crippen MR) is 375 cm³/mol. The minimum absolute atomic E-state index is 0.351. The van der Waals surface area contributed by atoms with Crippen molar-refractivity contribution in [3.8, 4) is 90.3 Å². The Kier molecular flexibility index (Phi) is 13.1. The summed E-state index contributed by atoms with van der Waals surface area (Å²) in [7, 11) is 0. The van der Waals surface area contributed by atoms with E-state index in [-0.39, 0.29) is 0 Å². The molecule has 0 N–H and O–H groups in total. The van der Waals surface area contributed by atoms with E-state index in [9.17, 15) is 10.5 Å². The van der Waals surface area contributed by atoms with Crippen molar-refractivity contribution in [3.63, 3.8) is 0 Å². The highest BCUT2D eigenvalue weighted by molar-refractivity contribution is 6.15. The Morgan fingerprint density at radius 3 is 0.846 bits per heavy atom. The molecule has 7 nitrogen and oxygen atoms in total. The van der Waals surface area contributed by atoms with Gasteiger partial charge in [0.15, 0.2) is 0 Å².